The maximum Gasteiger partial charge on any atom is -0.00217 e. The van der Waals surface area contributed by atoms with E-state index in [0.29, 0.717) is 0 Å². The second-order valence-corrected chi connectivity index (χ2v) is 2.73. The quantitative estimate of drug-likeness (QED) is 0.528. The fraction of sp³-hybridized carbons (Fsp3) is 0.556. The molecular weight excluding hydrogens is 108 g/mol. The highest BCUT2D eigenvalue weighted by molar-refractivity contribution is 5.18. The number of rotatable bonds is 2. The van der Waals surface area contributed by atoms with E-state index in [9.17, 15) is 0 Å². The molecule has 0 aromatic carbocycles. The van der Waals surface area contributed by atoms with Gasteiger partial charge in [-0.2, -0.15) is 0 Å². The molecule has 0 saturated carbocycles. The summed E-state index contributed by atoms with van der Waals surface area (Å²) in [6.45, 7) is 4.54. The van der Waals surface area contributed by atoms with Crippen LogP contribution < -0.4 is 0 Å². The van der Waals surface area contributed by atoms with E-state index in [-0.39, 0.29) is 0 Å². The summed E-state index contributed by atoms with van der Waals surface area (Å²) < 4.78 is 0. The van der Waals surface area contributed by atoms with Crippen molar-refractivity contribution < 1.29 is 0 Å². The van der Waals surface area contributed by atoms with Crippen molar-refractivity contribution in [2.45, 2.75) is 20.3 Å². The van der Waals surface area contributed by atoms with Crippen molar-refractivity contribution in [3.63, 3.8) is 0 Å². The molecule has 0 fully saturated rings. The molecule has 0 spiro atoms. The zero-order chi connectivity index (χ0) is 6.69. The third-order valence-electron chi connectivity index (χ3n) is 2.08. The van der Waals surface area contributed by atoms with Gasteiger partial charge < -0.3 is 0 Å². The summed E-state index contributed by atoms with van der Waals surface area (Å²) in [4.78, 5) is 0. The molecule has 0 aromatic heterocycles. The molecule has 0 heteroatoms. The molecular formula is C9H14. The molecule has 0 radical (unpaired) electrons. The molecule has 1 atom stereocenters. The Labute approximate surface area is 57.3 Å². The van der Waals surface area contributed by atoms with Gasteiger partial charge in [0.15, 0.2) is 0 Å². The van der Waals surface area contributed by atoms with Crippen LogP contribution in [-0.4, -0.2) is 0 Å². The van der Waals surface area contributed by atoms with Gasteiger partial charge in [0, 0.05) is 0 Å². The minimum atomic E-state index is 0.718. The van der Waals surface area contributed by atoms with Gasteiger partial charge in [-0.15, -0.1) is 0 Å². The van der Waals surface area contributed by atoms with Crippen LogP contribution in [0.5, 0.6) is 0 Å². The Morgan fingerprint density at radius 3 is 2.33 bits per heavy atom. The molecule has 0 N–H and O–H groups in total. The van der Waals surface area contributed by atoms with E-state index in [2.05, 4.69) is 38.2 Å². The van der Waals surface area contributed by atoms with Gasteiger partial charge >= 0.3 is 0 Å². The molecule has 0 aromatic rings. The van der Waals surface area contributed by atoms with Crippen LogP contribution in [0.25, 0.3) is 0 Å². The molecule has 0 unspecified atom stereocenters. The lowest BCUT2D eigenvalue weighted by Gasteiger charge is -2.11. The van der Waals surface area contributed by atoms with Crippen LogP contribution in [-0.2, 0) is 0 Å². The predicted molar refractivity (Wildman–Crippen MR) is 41.2 cm³/mol. The number of hydrogen-bond acceptors (Lipinski definition) is 0. The maximum atomic E-state index is 2.30. The summed E-state index contributed by atoms with van der Waals surface area (Å²) in [6, 6.07) is 0. The van der Waals surface area contributed by atoms with E-state index in [0.717, 1.165) is 11.8 Å². The Bertz CT molecular complexity index is 119. The van der Waals surface area contributed by atoms with Crippen LogP contribution in [0.1, 0.15) is 20.3 Å². The molecule has 0 bridgehead atoms. The molecule has 0 saturated heterocycles. The second-order valence-electron chi connectivity index (χ2n) is 2.73. The van der Waals surface area contributed by atoms with E-state index in [1.165, 1.54) is 6.42 Å². The minimum absolute atomic E-state index is 0.718. The summed E-state index contributed by atoms with van der Waals surface area (Å²) in [6.07, 6.45) is 10.1. The third-order valence-corrected chi connectivity index (χ3v) is 2.08. The largest absolute Gasteiger partial charge is 0.0774 e. The molecule has 0 amide bonds. The van der Waals surface area contributed by atoms with Crippen molar-refractivity contribution >= 4 is 0 Å². The highest BCUT2D eigenvalue weighted by atomic mass is 14.1. The SMILES string of the molecule is CC[C@H](C)C1C=CC=C1. The first-order chi connectivity index (χ1) is 4.34. The Morgan fingerprint density at radius 2 is 1.89 bits per heavy atom. The van der Waals surface area contributed by atoms with Crippen LogP contribution in [0.15, 0.2) is 24.3 Å². The Hall–Kier alpha value is -0.520. The van der Waals surface area contributed by atoms with Crippen LogP contribution in [0.2, 0.25) is 0 Å². The normalized spacial score (nSPS) is 21.1. The van der Waals surface area contributed by atoms with E-state index in [4.69, 9.17) is 0 Å². The van der Waals surface area contributed by atoms with Crippen LogP contribution in [0.3, 0.4) is 0 Å². The third kappa shape index (κ3) is 1.44. The average molecular weight is 122 g/mol. The van der Waals surface area contributed by atoms with Gasteiger partial charge in [-0.05, 0) is 11.8 Å². The van der Waals surface area contributed by atoms with Gasteiger partial charge in [-0.1, -0.05) is 44.6 Å². The molecule has 0 heterocycles. The first-order valence-corrected chi connectivity index (χ1v) is 3.69. The highest BCUT2D eigenvalue weighted by Gasteiger charge is 2.09. The van der Waals surface area contributed by atoms with E-state index < -0.39 is 0 Å². The van der Waals surface area contributed by atoms with Gasteiger partial charge in [-0.25, -0.2) is 0 Å². The van der Waals surface area contributed by atoms with Gasteiger partial charge in [-0.3, -0.25) is 0 Å². The number of hydrogen-bond donors (Lipinski definition) is 0. The zero-order valence-electron chi connectivity index (χ0n) is 6.17. The first kappa shape index (κ1) is 6.60. The molecule has 1 aliphatic carbocycles. The van der Waals surface area contributed by atoms with E-state index in [1.807, 2.05) is 0 Å². The number of allylic oxidation sites excluding steroid dienone is 4. The topological polar surface area (TPSA) is 0 Å². The lowest BCUT2D eigenvalue weighted by molar-refractivity contribution is 0.487. The highest BCUT2D eigenvalue weighted by Crippen LogP contribution is 2.21. The summed E-state index contributed by atoms with van der Waals surface area (Å²) in [5, 5.41) is 0. The van der Waals surface area contributed by atoms with Gasteiger partial charge in [0.2, 0.25) is 0 Å². The summed E-state index contributed by atoms with van der Waals surface area (Å²) >= 11 is 0. The van der Waals surface area contributed by atoms with Gasteiger partial charge in [0.1, 0.15) is 0 Å². The first-order valence-electron chi connectivity index (χ1n) is 3.69. The lowest BCUT2D eigenvalue weighted by atomic mass is 9.94. The maximum absolute atomic E-state index is 2.30. The van der Waals surface area contributed by atoms with Gasteiger partial charge in [0.25, 0.3) is 0 Å². The van der Waals surface area contributed by atoms with Crippen molar-refractivity contribution in [3.8, 4) is 0 Å². The van der Waals surface area contributed by atoms with Crippen molar-refractivity contribution in [2.24, 2.45) is 11.8 Å². The summed E-state index contributed by atoms with van der Waals surface area (Å²) in [5.74, 6) is 1.54. The van der Waals surface area contributed by atoms with E-state index in [1.54, 1.807) is 0 Å². The van der Waals surface area contributed by atoms with Crippen LogP contribution >= 0.6 is 0 Å². The summed E-state index contributed by atoms with van der Waals surface area (Å²) in [5.41, 5.74) is 0. The van der Waals surface area contributed by atoms with Crippen molar-refractivity contribution in [1.29, 1.82) is 0 Å². The lowest BCUT2D eigenvalue weighted by Crippen LogP contribution is -2.02. The molecule has 0 nitrogen and oxygen atoms in total. The van der Waals surface area contributed by atoms with Crippen LogP contribution in [0.4, 0.5) is 0 Å². The monoisotopic (exact) mass is 122 g/mol. The standard InChI is InChI=1S/C9H14/c1-3-8(2)9-6-4-5-7-9/h4-9H,3H2,1-2H3/t8-/m0/s1. The van der Waals surface area contributed by atoms with Gasteiger partial charge in [0.05, 0.1) is 0 Å². The molecule has 9 heavy (non-hydrogen) atoms. The Morgan fingerprint density at radius 1 is 1.33 bits per heavy atom. The Balaban J connectivity index is 2.43. The smallest absolute Gasteiger partial charge is 0.00217 e. The zero-order valence-corrected chi connectivity index (χ0v) is 6.17. The van der Waals surface area contributed by atoms with Crippen molar-refractivity contribution in [3.05, 3.63) is 24.3 Å². The fourth-order valence-electron chi connectivity index (χ4n) is 1.10. The average Bonchev–Trinajstić information content (AvgIpc) is 2.37. The predicted octanol–water partition coefficient (Wildman–Crippen LogP) is 2.77. The fourth-order valence-corrected chi connectivity index (χ4v) is 1.10. The molecule has 0 aliphatic heterocycles. The van der Waals surface area contributed by atoms with Crippen molar-refractivity contribution in [2.75, 3.05) is 0 Å². The molecule has 1 rings (SSSR count). The van der Waals surface area contributed by atoms with Crippen molar-refractivity contribution in [1.82, 2.24) is 0 Å². The van der Waals surface area contributed by atoms with Crippen LogP contribution in [0, 0.1) is 11.8 Å². The Kier molecular flexibility index (Phi) is 2.10. The molecule has 50 valence electrons. The minimum Gasteiger partial charge on any atom is -0.0774 e. The second kappa shape index (κ2) is 2.86. The summed E-state index contributed by atoms with van der Waals surface area (Å²) in [7, 11) is 0. The van der Waals surface area contributed by atoms with E-state index >= 15 is 0 Å². The molecule has 1 aliphatic rings.